The maximum absolute atomic E-state index is 12.5. The molecule has 0 aromatic rings. The molecule has 2 unspecified atom stereocenters. The van der Waals surface area contributed by atoms with E-state index in [0.717, 1.165) is 57.8 Å². The van der Waals surface area contributed by atoms with Crippen LogP contribution in [0.15, 0.2) is 60.8 Å². The third-order valence-electron chi connectivity index (χ3n) is 19.5. The molecule has 0 aliphatic heterocycles. The number of carbonyl (C=O) groups is 2. The Morgan fingerprint density at radius 2 is 0.538 bits per heavy atom. The van der Waals surface area contributed by atoms with Crippen molar-refractivity contribution in [1.82, 2.24) is 5.32 Å². The van der Waals surface area contributed by atoms with Crippen LogP contribution in [0.3, 0.4) is 0 Å². The molecule has 0 fully saturated rings. The summed E-state index contributed by atoms with van der Waals surface area (Å²) in [6, 6.07) is -0.627. The van der Waals surface area contributed by atoms with Crippen LogP contribution in [0.5, 0.6) is 0 Å². The molecular formula is C87H163NO5. The summed E-state index contributed by atoms with van der Waals surface area (Å²) < 4.78 is 5.51. The number of esters is 1. The second-order valence-electron chi connectivity index (χ2n) is 28.8. The monoisotopic (exact) mass is 1300 g/mol. The van der Waals surface area contributed by atoms with E-state index in [4.69, 9.17) is 4.74 Å². The molecule has 3 N–H and O–H groups in total. The molecule has 0 bridgehead atoms. The largest absolute Gasteiger partial charge is 0.466 e. The maximum atomic E-state index is 12.5. The highest BCUT2D eigenvalue weighted by Gasteiger charge is 2.18. The summed E-state index contributed by atoms with van der Waals surface area (Å²) in [6.45, 7) is 4.93. The van der Waals surface area contributed by atoms with E-state index in [1.807, 2.05) is 6.08 Å². The zero-order chi connectivity index (χ0) is 67.0. The van der Waals surface area contributed by atoms with Gasteiger partial charge in [-0.05, 0) is 96.3 Å². The average Bonchev–Trinajstić information content (AvgIpc) is 3.74. The summed E-state index contributed by atoms with van der Waals surface area (Å²) in [4.78, 5) is 24.7. The normalized spacial score (nSPS) is 12.8. The van der Waals surface area contributed by atoms with Gasteiger partial charge in [-0.2, -0.15) is 0 Å². The van der Waals surface area contributed by atoms with E-state index in [-0.39, 0.29) is 18.5 Å². The molecule has 0 spiro atoms. The van der Waals surface area contributed by atoms with Gasteiger partial charge in [0, 0.05) is 12.8 Å². The second-order valence-corrected chi connectivity index (χ2v) is 28.8. The quantitative estimate of drug-likeness (QED) is 0.0320. The molecule has 0 aromatic carbocycles. The first-order chi connectivity index (χ1) is 46.0. The molecule has 0 heterocycles. The van der Waals surface area contributed by atoms with Crippen molar-refractivity contribution in [3.63, 3.8) is 0 Å². The summed E-state index contributed by atoms with van der Waals surface area (Å²) >= 11 is 0. The third kappa shape index (κ3) is 78.4. The van der Waals surface area contributed by atoms with Crippen molar-refractivity contribution in [1.29, 1.82) is 0 Å². The van der Waals surface area contributed by atoms with Crippen LogP contribution < -0.4 is 5.32 Å². The van der Waals surface area contributed by atoms with E-state index in [1.165, 1.54) is 372 Å². The smallest absolute Gasteiger partial charge is 0.305 e. The summed E-state index contributed by atoms with van der Waals surface area (Å²) in [5, 5.41) is 23.3. The van der Waals surface area contributed by atoms with E-state index < -0.39 is 12.1 Å². The fourth-order valence-electron chi connectivity index (χ4n) is 13.1. The lowest BCUT2D eigenvalue weighted by Gasteiger charge is -2.20. The van der Waals surface area contributed by atoms with Crippen molar-refractivity contribution >= 4 is 11.9 Å². The van der Waals surface area contributed by atoms with Gasteiger partial charge in [-0.15, -0.1) is 0 Å². The Morgan fingerprint density at radius 1 is 0.301 bits per heavy atom. The first-order valence-electron chi connectivity index (χ1n) is 42.1. The van der Waals surface area contributed by atoms with E-state index in [0.29, 0.717) is 19.4 Å². The van der Waals surface area contributed by atoms with Crippen LogP contribution in [-0.4, -0.2) is 47.4 Å². The van der Waals surface area contributed by atoms with Crippen LogP contribution in [0.25, 0.3) is 0 Å². The number of amides is 1. The lowest BCUT2D eigenvalue weighted by atomic mass is 10.0. The Hall–Kier alpha value is -2.44. The van der Waals surface area contributed by atoms with Crippen molar-refractivity contribution in [2.24, 2.45) is 0 Å². The first-order valence-corrected chi connectivity index (χ1v) is 42.1. The molecule has 6 nitrogen and oxygen atoms in total. The molecule has 1 amide bonds. The number of ether oxygens (including phenoxy) is 1. The topological polar surface area (TPSA) is 95.9 Å². The van der Waals surface area contributed by atoms with Crippen molar-refractivity contribution in [3.05, 3.63) is 60.8 Å². The average molecular weight is 1300 g/mol. The summed E-state index contributed by atoms with van der Waals surface area (Å²) in [5.74, 6) is -0.0481. The van der Waals surface area contributed by atoms with Gasteiger partial charge in [-0.3, -0.25) is 9.59 Å². The van der Waals surface area contributed by atoms with Gasteiger partial charge in [0.1, 0.15) is 0 Å². The van der Waals surface area contributed by atoms with Crippen LogP contribution in [-0.2, 0) is 14.3 Å². The Kier molecular flexibility index (Phi) is 79.8. The van der Waals surface area contributed by atoms with E-state index >= 15 is 0 Å². The van der Waals surface area contributed by atoms with Gasteiger partial charge in [0.2, 0.25) is 5.91 Å². The highest BCUT2D eigenvalue weighted by atomic mass is 16.5. The lowest BCUT2D eigenvalue weighted by molar-refractivity contribution is -0.143. The summed E-state index contributed by atoms with van der Waals surface area (Å²) in [6.07, 6.45) is 111. The molecule has 0 aromatic heterocycles. The Labute approximate surface area is 581 Å². The molecule has 0 saturated heterocycles. The third-order valence-corrected chi connectivity index (χ3v) is 19.5. The van der Waals surface area contributed by atoms with Crippen molar-refractivity contribution < 1.29 is 24.5 Å². The first kappa shape index (κ1) is 90.6. The molecule has 0 radical (unpaired) electrons. The fraction of sp³-hybridized carbons (Fsp3) is 0.862. The van der Waals surface area contributed by atoms with Crippen LogP contribution in [0.2, 0.25) is 0 Å². The minimum Gasteiger partial charge on any atom is -0.466 e. The van der Waals surface area contributed by atoms with Gasteiger partial charge in [-0.1, -0.05) is 408 Å². The Morgan fingerprint density at radius 3 is 0.828 bits per heavy atom. The number of allylic oxidation sites excluding steroid dienone is 9. The zero-order valence-electron chi connectivity index (χ0n) is 62.8. The second kappa shape index (κ2) is 82.0. The van der Waals surface area contributed by atoms with Gasteiger partial charge in [0.05, 0.1) is 25.4 Å². The number of rotatable bonds is 79. The van der Waals surface area contributed by atoms with Gasteiger partial charge in [-0.25, -0.2) is 0 Å². The maximum Gasteiger partial charge on any atom is 0.305 e. The number of carbonyl (C=O) groups excluding carboxylic acids is 2. The van der Waals surface area contributed by atoms with Gasteiger partial charge >= 0.3 is 5.97 Å². The van der Waals surface area contributed by atoms with Crippen LogP contribution in [0.4, 0.5) is 0 Å². The van der Waals surface area contributed by atoms with Crippen LogP contribution in [0.1, 0.15) is 457 Å². The number of hydrogen-bond donors (Lipinski definition) is 3. The number of hydrogen-bond acceptors (Lipinski definition) is 5. The highest BCUT2D eigenvalue weighted by Crippen LogP contribution is 2.20. The van der Waals surface area contributed by atoms with Crippen LogP contribution >= 0.6 is 0 Å². The van der Waals surface area contributed by atoms with Gasteiger partial charge < -0.3 is 20.3 Å². The summed E-state index contributed by atoms with van der Waals surface area (Å²) in [5.41, 5.74) is 0. The van der Waals surface area contributed by atoms with E-state index in [9.17, 15) is 19.8 Å². The van der Waals surface area contributed by atoms with Crippen molar-refractivity contribution in [3.8, 4) is 0 Å². The molecule has 546 valence electrons. The lowest BCUT2D eigenvalue weighted by Crippen LogP contribution is -2.45. The molecule has 0 rings (SSSR count). The summed E-state index contributed by atoms with van der Waals surface area (Å²) in [7, 11) is 0. The van der Waals surface area contributed by atoms with Crippen molar-refractivity contribution in [2.45, 2.75) is 469 Å². The van der Waals surface area contributed by atoms with Crippen LogP contribution in [0, 0.1) is 0 Å². The minimum atomic E-state index is -0.844. The standard InChI is InChI=1S/C87H163NO5/c1-3-5-7-9-11-13-15-17-19-21-44-47-51-55-59-63-67-71-75-79-85(90)84(83-89)88-86(91)80-76-72-68-64-60-56-52-48-45-42-40-38-36-34-32-30-28-26-24-23-25-27-29-31-33-35-37-39-41-43-46-50-54-58-62-66-70-74-78-82-93-87(92)81-77-73-69-65-61-57-53-49-22-20-18-16-14-12-10-8-6-4-2/h14,16,20,22-24,27,29,75,79,84-85,89-90H,3-13,15,17-19,21,25-26,28,30-74,76-78,80-83H2,1-2H3,(H,88,91)/b16-14-,22-20-,24-23-,29-27-,79-75+. The predicted molar refractivity (Wildman–Crippen MR) is 412 cm³/mol. The SMILES string of the molecule is CCCCCC/C=C\C/C=C\CCCCCCCCCC(=O)OCCCCCCCCCCCCCCCCC/C=C\C/C=C\CCCCCCCCCCCCCCCCCCCC(=O)NC(CO)C(O)/C=C/CCCCCCCCCCCCCCCCCCC. The number of aliphatic hydroxyl groups excluding tert-OH is 2. The van der Waals surface area contributed by atoms with E-state index in [1.54, 1.807) is 6.08 Å². The molecule has 0 aliphatic carbocycles. The zero-order valence-corrected chi connectivity index (χ0v) is 62.8. The van der Waals surface area contributed by atoms with Crippen molar-refractivity contribution in [2.75, 3.05) is 13.2 Å². The van der Waals surface area contributed by atoms with E-state index in [2.05, 4.69) is 67.8 Å². The molecule has 6 heteroatoms. The number of aliphatic hydroxyl groups is 2. The van der Waals surface area contributed by atoms with Gasteiger partial charge in [0.25, 0.3) is 0 Å². The molecule has 0 aliphatic rings. The van der Waals surface area contributed by atoms with Gasteiger partial charge in [0.15, 0.2) is 0 Å². The minimum absolute atomic E-state index is 0.0131. The highest BCUT2D eigenvalue weighted by molar-refractivity contribution is 5.76. The number of nitrogens with one attached hydrogen (secondary N) is 1. The molecule has 93 heavy (non-hydrogen) atoms. The molecule has 2 atom stereocenters. The fourth-order valence-corrected chi connectivity index (χ4v) is 13.1. The molecule has 0 saturated carbocycles. The Bertz CT molecular complexity index is 1600. The predicted octanol–water partition coefficient (Wildman–Crippen LogP) is 28.1. The number of unbranched alkanes of at least 4 members (excludes halogenated alkanes) is 60. The molecular weight excluding hydrogens is 1140 g/mol. The Balaban J connectivity index is 3.37.